The van der Waals surface area contributed by atoms with Crippen LogP contribution in [-0.4, -0.2) is 10.9 Å². The van der Waals surface area contributed by atoms with Crippen molar-refractivity contribution in [3.05, 3.63) is 71.3 Å². The Morgan fingerprint density at radius 2 is 1.58 bits per heavy atom. The Hall–Kier alpha value is -1.93. The highest BCUT2D eigenvalue weighted by Crippen LogP contribution is 2.16. The van der Waals surface area contributed by atoms with Gasteiger partial charge in [0.2, 0.25) is 0 Å². The lowest BCUT2D eigenvalue weighted by atomic mass is 9.99. The smallest absolute Gasteiger partial charge is 0.170 e. The average Bonchev–Trinajstić information content (AvgIpc) is 2.48. The molecule has 1 atom stereocenters. The summed E-state index contributed by atoms with van der Waals surface area (Å²) in [6, 6.07) is 17.0. The Morgan fingerprint density at radius 3 is 2.16 bits per heavy atom. The van der Waals surface area contributed by atoms with E-state index in [1.807, 2.05) is 42.5 Å². The van der Waals surface area contributed by atoms with Crippen LogP contribution in [0.4, 0.5) is 0 Å². The zero-order valence-electron chi connectivity index (χ0n) is 11.0. The first kappa shape index (κ1) is 13.5. The molecule has 0 radical (unpaired) electrons. The van der Waals surface area contributed by atoms with E-state index in [1.165, 1.54) is 5.56 Å². The van der Waals surface area contributed by atoms with E-state index in [4.69, 9.17) is 0 Å². The minimum absolute atomic E-state index is 0.171. The fourth-order valence-electron chi connectivity index (χ4n) is 2.01. The number of hydrogen-bond donors (Lipinski definition) is 1. The molecule has 0 fully saturated rings. The number of carbonyl (C=O) groups is 1. The van der Waals surface area contributed by atoms with Crippen molar-refractivity contribution in [3.63, 3.8) is 0 Å². The summed E-state index contributed by atoms with van der Waals surface area (Å²) in [4.78, 5) is 12.0. The molecule has 1 unspecified atom stereocenters. The molecule has 0 aromatic heterocycles. The van der Waals surface area contributed by atoms with Crippen LogP contribution >= 0.6 is 0 Å². The maximum atomic E-state index is 12.0. The van der Waals surface area contributed by atoms with Gasteiger partial charge in [-0.3, -0.25) is 4.79 Å². The van der Waals surface area contributed by atoms with E-state index < -0.39 is 6.10 Å². The molecule has 2 nitrogen and oxygen atoms in total. The van der Waals surface area contributed by atoms with E-state index in [2.05, 4.69) is 6.92 Å². The Kier molecular flexibility index (Phi) is 4.48. The van der Waals surface area contributed by atoms with Gasteiger partial charge >= 0.3 is 0 Å². The van der Waals surface area contributed by atoms with Gasteiger partial charge in [0.1, 0.15) is 6.10 Å². The van der Waals surface area contributed by atoms with Crippen LogP contribution in [0.2, 0.25) is 0 Å². The molecule has 0 saturated heterocycles. The second-order valence-electron chi connectivity index (χ2n) is 4.63. The van der Waals surface area contributed by atoms with Crippen molar-refractivity contribution in [2.24, 2.45) is 0 Å². The van der Waals surface area contributed by atoms with Crippen molar-refractivity contribution in [2.75, 3.05) is 0 Å². The molecule has 2 aromatic rings. The van der Waals surface area contributed by atoms with Crippen molar-refractivity contribution >= 4 is 5.78 Å². The number of Topliss-reactive ketones (excluding diaryl/α,β-unsaturated/α-hetero) is 1. The lowest BCUT2D eigenvalue weighted by Gasteiger charge is -2.10. The molecule has 0 aliphatic carbocycles. The number of aliphatic hydroxyl groups excluding tert-OH is 1. The Balaban J connectivity index is 2.04. The summed E-state index contributed by atoms with van der Waals surface area (Å²) in [7, 11) is 0. The van der Waals surface area contributed by atoms with Crippen LogP contribution in [0.1, 0.15) is 29.7 Å². The lowest BCUT2D eigenvalue weighted by molar-refractivity contribution is -0.126. The number of hydrogen-bond acceptors (Lipinski definition) is 2. The summed E-state index contributed by atoms with van der Waals surface area (Å²) in [6.07, 6.45) is 0.216. The number of benzene rings is 2. The number of aryl methyl sites for hydroxylation is 1. The summed E-state index contributed by atoms with van der Waals surface area (Å²) in [5, 5.41) is 10.0. The van der Waals surface area contributed by atoms with Gasteiger partial charge in [0.05, 0.1) is 0 Å². The second kappa shape index (κ2) is 6.30. The number of carbonyl (C=O) groups excluding carboxylic acids is 1. The summed E-state index contributed by atoms with van der Waals surface area (Å²) in [6.45, 7) is 2.10. The molecule has 2 rings (SSSR count). The first-order valence-electron chi connectivity index (χ1n) is 6.54. The molecule has 2 aromatic carbocycles. The summed E-state index contributed by atoms with van der Waals surface area (Å²) < 4.78 is 0. The number of ketones is 1. The highest BCUT2D eigenvalue weighted by molar-refractivity contribution is 5.86. The fraction of sp³-hybridized carbons (Fsp3) is 0.235. The van der Waals surface area contributed by atoms with Crippen LogP contribution in [0.15, 0.2) is 54.6 Å². The number of aliphatic hydroxyl groups is 1. The van der Waals surface area contributed by atoms with Crippen molar-refractivity contribution in [1.82, 2.24) is 0 Å². The maximum Gasteiger partial charge on any atom is 0.170 e. The predicted molar refractivity (Wildman–Crippen MR) is 75.9 cm³/mol. The summed E-state index contributed by atoms with van der Waals surface area (Å²) in [5.74, 6) is -0.171. The van der Waals surface area contributed by atoms with E-state index in [0.717, 1.165) is 12.0 Å². The minimum Gasteiger partial charge on any atom is -0.381 e. The normalized spacial score (nSPS) is 12.1. The Bertz CT molecular complexity index is 529. The van der Waals surface area contributed by atoms with E-state index in [9.17, 15) is 9.90 Å². The van der Waals surface area contributed by atoms with Crippen LogP contribution in [0.3, 0.4) is 0 Å². The van der Waals surface area contributed by atoms with Gasteiger partial charge in [-0.15, -0.1) is 0 Å². The van der Waals surface area contributed by atoms with E-state index in [-0.39, 0.29) is 12.2 Å². The maximum absolute atomic E-state index is 12.0. The van der Waals surface area contributed by atoms with Gasteiger partial charge in [0.15, 0.2) is 5.78 Å². The first-order chi connectivity index (χ1) is 9.20. The molecular weight excluding hydrogens is 236 g/mol. The van der Waals surface area contributed by atoms with Gasteiger partial charge in [-0.1, -0.05) is 61.5 Å². The molecular formula is C17H18O2. The first-order valence-corrected chi connectivity index (χ1v) is 6.54. The van der Waals surface area contributed by atoms with E-state index >= 15 is 0 Å². The molecule has 2 heteroatoms. The van der Waals surface area contributed by atoms with E-state index in [0.29, 0.717) is 5.56 Å². The monoisotopic (exact) mass is 254 g/mol. The standard InChI is InChI=1S/C17H18O2/c1-2-13-8-10-14(11-9-13)12-16(18)17(19)15-6-4-3-5-7-15/h3-11,17,19H,2,12H2,1H3. The van der Waals surface area contributed by atoms with Crippen LogP contribution in [0.25, 0.3) is 0 Å². The lowest BCUT2D eigenvalue weighted by Crippen LogP contribution is -2.14. The molecule has 0 spiro atoms. The molecule has 0 aliphatic heterocycles. The van der Waals surface area contributed by atoms with Crippen molar-refractivity contribution in [3.8, 4) is 0 Å². The molecule has 0 bridgehead atoms. The molecule has 0 aliphatic rings. The van der Waals surface area contributed by atoms with Gasteiger partial charge < -0.3 is 5.11 Å². The summed E-state index contributed by atoms with van der Waals surface area (Å²) in [5.41, 5.74) is 2.84. The third kappa shape index (κ3) is 3.52. The van der Waals surface area contributed by atoms with Crippen molar-refractivity contribution in [2.45, 2.75) is 25.9 Å². The average molecular weight is 254 g/mol. The van der Waals surface area contributed by atoms with Crippen LogP contribution in [0.5, 0.6) is 0 Å². The third-order valence-electron chi connectivity index (χ3n) is 3.23. The van der Waals surface area contributed by atoms with Gasteiger partial charge in [-0.05, 0) is 23.1 Å². The van der Waals surface area contributed by atoms with Gasteiger partial charge in [-0.25, -0.2) is 0 Å². The molecule has 98 valence electrons. The van der Waals surface area contributed by atoms with Crippen LogP contribution < -0.4 is 0 Å². The predicted octanol–water partition coefficient (Wildman–Crippen LogP) is 3.09. The van der Waals surface area contributed by atoms with Crippen molar-refractivity contribution in [1.29, 1.82) is 0 Å². The molecule has 0 saturated carbocycles. The quantitative estimate of drug-likeness (QED) is 0.890. The zero-order chi connectivity index (χ0) is 13.7. The molecule has 0 heterocycles. The molecule has 1 N–H and O–H groups in total. The Labute approximate surface area is 113 Å². The minimum atomic E-state index is -1.04. The largest absolute Gasteiger partial charge is 0.381 e. The second-order valence-corrected chi connectivity index (χ2v) is 4.63. The van der Waals surface area contributed by atoms with Crippen LogP contribution in [-0.2, 0) is 17.6 Å². The molecule has 0 amide bonds. The van der Waals surface area contributed by atoms with E-state index in [1.54, 1.807) is 12.1 Å². The number of rotatable bonds is 5. The Morgan fingerprint density at radius 1 is 1.00 bits per heavy atom. The fourth-order valence-corrected chi connectivity index (χ4v) is 2.01. The van der Waals surface area contributed by atoms with Gasteiger partial charge in [-0.2, -0.15) is 0 Å². The van der Waals surface area contributed by atoms with Gasteiger partial charge in [0.25, 0.3) is 0 Å². The zero-order valence-corrected chi connectivity index (χ0v) is 11.0. The summed E-state index contributed by atoms with van der Waals surface area (Å²) >= 11 is 0. The third-order valence-corrected chi connectivity index (χ3v) is 3.23. The topological polar surface area (TPSA) is 37.3 Å². The van der Waals surface area contributed by atoms with Gasteiger partial charge in [0, 0.05) is 6.42 Å². The molecule has 19 heavy (non-hydrogen) atoms. The van der Waals surface area contributed by atoms with Crippen LogP contribution in [0, 0.1) is 0 Å². The SMILES string of the molecule is CCc1ccc(CC(=O)C(O)c2ccccc2)cc1. The highest BCUT2D eigenvalue weighted by Gasteiger charge is 2.17. The van der Waals surface area contributed by atoms with Crippen molar-refractivity contribution < 1.29 is 9.90 Å². The highest BCUT2D eigenvalue weighted by atomic mass is 16.3.